The second kappa shape index (κ2) is 7.15. The largest absolute Gasteiger partial charge is 0.501 e. The first-order valence-corrected chi connectivity index (χ1v) is 7.79. The van der Waals surface area contributed by atoms with Crippen LogP contribution in [-0.4, -0.2) is 7.11 Å². The number of methoxy groups -OCH3 is 1. The highest BCUT2D eigenvalue weighted by Crippen LogP contribution is 2.48. The lowest BCUT2D eigenvalue weighted by Gasteiger charge is -2.44. The van der Waals surface area contributed by atoms with E-state index in [9.17, 15) is 0 Å². The Kier molecular flexibility index (Phi) is 6.10. The van der Waals surface area contributed by atoms with Crippen LogP contribution in [0.15, 0.2) is 35.1 Å². The van der Waals surface area contributed by atoms with Gasteiger partial charge in [0, 0.05) is 5.92 Å². The SMILES string of the molecule is COC1=CC[C@H](CC=C(C)C)C(C)(C)C1CC=C(C)C. The average Bonchev–Trinajstić information content (AvgIpc) is 2.34. The van der Waals surface area contributed by atoms with Crippen molar-refractivity contribution in [2.75, 3.05) is 7.11 Å². The smallest absolute Gasteiger partial charge is 0.0955 e. The fraction of sp³-hybridized carbons (Fsp3) is 0.684. The molecule has 114 valence electrons. The Morgan fingerprint density at radius 3 is 2.20 bits per heavy atom. The molecule has 0 saturated carbocycles. The normalized spacial score (nSPS) is 24.6. The first-order chi connectivity index (χ1) is 9.28. The molecule has 0 amide bonds. The van der Waals surface area contributed by atoms with Gasteiger partial charge >= 0.3 is 0 Å². The fourth-order valence-corrected chi connectivity index (χ4v) is 3.13. The van der Waals surface area contributed by atoms with Crippen LogP contribution in [0.1, 0.15) is 60.8 Å². The Morgan fingerprint density at radius 1 is 1.15 bits per heavy atom. The van der Waals surface area contributed by atoms with Gasteiger partial charge in [0.2, 0.25) is 0 Å². The van der Waals surface area contributed by atoms with Crippen molar-refractivity contribution < 1.29 is 4.74 Å². The number of hydrogen-bond acceptors (Lipinski definition) is 1. The molecule has 0 spiro atoms. The predicted octanol–water partition coefficient (Wildman–Crippen LogP) is 5.89. The summed E-state index contributed by atoms with van der Waals surface area (Å²) in [6.45, 7) is 13.5. The summed E-state index contributed by atoms with van der Waals surface area (Å²) in [5.74, 6) is 2.37. The van der Waals surface area contributed by atoms with Crippen molar-refractivity contribution in [1.29, 1.82) is 0 Å². The van der Waals surface area contributed by atoms with E-state index in [0.29, 0.717) is 11.8 Å². The standard InChI is InChI=1S/C19H32O/c1-14(2)8-10-16-11-13-18(20-7)17(19(16,5)6)12-9-15(3)4/h8-9,13,16-17H,10-12H2,1-7H3/t16-,17?/m0/s1. The van der Waals surface area contributed by atoms with Gasteiger partial charge in [0.15, 0.2) is 0 Å². The van der Waals surface area contributed by atoms with Crippen LogP contribution in [0, 0.1) is 17.3 Å². The molecule has 0 fully saturated rings. The van der Waals surface area contributed by atoms with Gasteiger partial charge in [0.1, 0.15) is 0 Å². The molecule has 1 nitrogen and oxygen atoms in total. The van der Waals surface area contributed by atoms with Crippen LogP contribution >= 0.6 is 0 Å². The minimum atomic E-state index is 0.276. The third-order valence-corrected chi connectivity index (χ3v) is 4.71. The van der Waals surface area contributed by atoms with Crippen LogP contribution in [0.4, 0.5) is 0 Å². The lowest BCUT2D eigenvalue weighted by molar-refractivity contribution is 0.0744. The van der Waals surface area contributed by atoms with Gasteiger partial charge in [-0.25, -0.2) is 0 Å². The van der Waals surface area contributed by atoms with Crippen molar-refractivity contribution in [2.45, 2.75) is 60.8 Å². The van der Waals surface area contributed by atoms with Crippen LogP contribution < -0.4 is 0 Å². The van der Waals surface area contributed by atoms with Crippen LogP contribution in [0.3, 0.4) is 0 Å². The monoisotopic (exact) mass is 276 g/mol. The Hall–Kier alpha value is -0.980. The van der Waals surface area contributed by atoms with E-state index in [1.807, 2.05) is 7.11 Å². The molecule has 0 aliphatic heterocycles. The Morgan fingerprint density at radius 2 is 1.70 bits per heavy atom. The molecule has 0 bridgehead atoms. The lowest BCUT2D eigenvalue weighted by Crippen LogP contribution is -2.36. The molecule has 0 aromatic heterocycles. The molecule has 0 radical (unpaired) electrons. The molecular weight excluding hydrogens is 244 g/mol. The number of allylic oxidation sites excluding steroid dienone is 6. The van der Waals surface area contributed by atoms with Crippen LogP contribution in [0.25, 0.3) is 0 Å². The van der Waals surface area contributed by atoms with E-state index < -0.39 is 0 Å². The molecule has 0 aromatic rings. The third-order valence-electron chi connectivity index (χ3n) is 4.71. The Balaban J connectivity index is 2.98. The van der Waals surface area contributed by atoms with Gasteiger partial charge in [0.05, 0.1) is 12.9 Å². The quantitative estimate of drug-likeness (QED) is 0.569. The van der Waals surface area contributed by atoms with Gasteiger partial charge < -0.3 is 4.74 Å². The first kappa shape index (κ1) is 17.1. The van der Waals surface area contributed by atoms with E-state index in [0.717, 1.165) is 12.8 Å². The summed E-state index contributed by atoms with van der Waals surface area (Å²) in [6, 6.07) is 0. The van der Waals surface area contributed by atoms with Gasteiger partial charge in [0.25, 0.3) is 0 Å². The molecule has 2 atom stereocenters. The molecule has 1 rings (SSSR count). The van der Waals surface area contributed by atoms with Gasteiger partial charge in [-0.05, 0) is 64.4 Å². The molecule has 1 aliphatic rings. The highest BCUT2D eigenvalue weighted by molar-refractivity contribution is 5.15. The molecule has 1 heteroatoms. The van der Waals surface area contributed by atoms with Crippen molar-refractivity contribution in [2.24, 2.45) is 17.3 Å². The van der Waals surface area contributed by atoms with E-state index in [1.165, 1.54) is 23.3 Å². The number of ether oxygens (including phenoxy) is 1. The van der Waals surface area contributed by atoms with Crippen molar-refractivity contribution in [3.05, 3.63) is 35.1 Å². The van der Waals surface area contributed by atoms with Crippen LogP contribution in [-0.2, 0) is 4.74 Å². The zero-order chi connectivity index (χ0) is 15.3. The topological polar surface area (TPSA) is 9.23 Å². The maximum absolute atomic E-state index is 5.66. The van der Waals surface area contributed by atoms with E-state index >= 15 is 0 Å². The fourth-order valence-electron chi connectivity index (χ4n) is 3.13. The zero-order valence-corrected chi connectivity index (χ0v) is 14.4. The molecule has 0 N–H and O–H groups in total. The van der Waals surface area contributed by atoms with E-state index in [-0.39, 0.29) is 5.41 Å². The molecule has 1 aliphatic carbocycles. The van der Waals surface area contributed by atoms with Crippen LogP contribution in [0.5, 0.6) is 0 Å². The summed E-state index contributed by atoms with van der Waals surface area (Å²) in [4.78, 5) is 0. The van der Waals surface area contributed by atoms with Gasteiger partial charge in [-0.2, -0.15) is 0 Å². The zero-order valence-electron chi connectivity index (χ0n) is 14.4. The lowest BCUT2D eigenvalue weighted by atomic mass is 9.62. The highest BCUT2D eigenvalue weighted by atomic mass is 16.5. The van der Waals surface area contributed by atoms with E-state index in [1.54, 1.807) is 0 Å². The highest BCUT2D eigenvalue weighted by Gasteiger charge is 2.41. The van der Waals surface area contributed by atoms with Gasteiger partial charge in [-0.15, -0.1) is 0 Å². The van der Waals surface area contributed by atoms with E-state index in [2.05, 4.69) is 59.8 Å². The summed E-state index contributed by atoms with van der Waals surface area (Å²) >= 11 is 0. The molecule has 0 saturated heterocycles. The third kappa shape index (κ3) is 4.26. The summed E-state index contributed by atoms with van der Waals surface area (Å²) in [6.07, 6.45) is 10.4. The molecular formula is C19H32O. The maximum Gasteiger partial charge on any atom is 0.0955 e. The number of rotatable bonds is 5. The predicted molar refractivity (Wildman–Crippen MR) is 88.6 cm³/mol. The van der Waals surface area contributed by atoms with Crippen molar-refractivity contribution in [3.8, 4) is 0 Å². The first-order valence-electron chi connectivity index (χ1n) is 7.79. The van der Waals surface area contributed by atoms with E-state index in [4.69, 9.17) is 4.74 Å². The van der Waals surface area contributed by atoms with Crippen molar-refractivity contribution in [1.82, 2.24) is 0 Å². The molecule has 0 heterocycles. The van der Waals surface area contributed by atoms with Crippen molar-refractivity contribution in [3.63, 3.8) is 0 Å². The molecule has 20 heavy (non-hydrogen) atoms. The molecule has 0 aromatic carbocycles. The number of hydrogen-bond donors (Lipinski definition) is 0. The maximum atomic E-state index is 5.66. The van der Waals surface area contributed by atoms with Crippen molar-refractivity contribution >= 4 is 0 Å². The minimum absolute atomic E-state index is 0.276. The van der Waals surface area contributed by atoms with Gasteiger partial charge in [-0.1, -0.05) is 37.1 Å². The summed E-state index contributed by atoms with van der Waals surface area (Å²) in [5.41, 5.74) is 3.09. The van der Waals surface area contributed by atoms with Gasteiger partial charge in [-0.3, -0.25) is 0 Å². The average molecular weight is 276 g/mol. The summed E-state index contributed by atoms with van der Waals surface area (Å²) in [7, 11) is 1.81. The van der Waals surface area contributed by atoms with Crippen LogP contribution in [0.2, 0.25) is 0 Å². The summed E-state index contributed by atoms with van der Waals surface area (Å²) in [5, 5.41) is 0. The summed E-state index contributed by atoms with van der Waals surface area (Å²) < 4.78 is 5.66. The second-order valence-corrected chi connectivity index (χ2v) is 7.15. The Labute approximate surface area is 125 Å². The Bertz CT molecular complexity index is 401. The molecule has 1 unspecified atom stereocenters. The minimum Gasteiger partial charge on any atom is -0.501 e. The second-order valence-electron chi connectivity index (χ2n) is 7.15.